The van der Waals surface area contributed by atoms with Gasteiger partial charge in [0.2, 0.25) is 0 Å². The number of aliphatic hydroxyl groups excluding tert-OH is 1. The highest BCUT2D eigenvalue weighted by Gasteiger charge is 2.15. The predicted octanol–water partition coefficient (Wildman–Crippen LogP) is 5.14. The highest BCUT2D eigenvalue weighted by Crippen LogP contribution is 2.33. The zero-order valence-corrected chi connectivity index (χ0v) is 15.5. The van der Waals surface area contributed by atoms with Crippen LogP contribution in [0.4, 0.5) is 0 Å². The molecule has 0 amide bonds. The van der Waals surface area contributed by atoms with Crippen LogP contribution in [-0.2, 0) is 13.2 Å². The van der Waals surface area contributed by atoms with Gasteiger partial charge in [-0.15, -0.1) is 0 Å². The molecule has 0 saturated heterocycles. The van der Waals surface area contributed by atoms with Gasteiger partial charge < -0.3 is 14.6 Å². The molecule has 0 aliphatic carbocycles. The molecule has 3 heteroatoms. The van der Waals surface area contributed by atoms with Crippen molar-refractivity contribution in [2.75, 3.05) is 0 Å². The van der Waals surface area contributed by atoms with E-state index in [-0.39, 0.29) is 5.92 Å². The van der Waals surface area contributed by atoms with E-state index in [0.29, 0.717) is 24.7 Å². The van der Waals surface area contributed by atoms with Gasteiger partial charge in [0.05, 0.1) is 6.10 Å². The van der Waals surface area contributed by atoms with Crippen LogP contribution in [0, 0.1) is 6.92 Å². The second kappa shape index (κ2) is 9.24. The first-order chi connectivity index (χ1) is 13.1. The van der Waals surface area contributed by atoms with E-state index in [1.54, 1.807) is 0 Å². The lowest BCUT2D eigenvalue weighted by molar-refractivity contribution is 0.194. The van der Waals surface area contributed by atoms with Gasteiger partial charge in [-0.3, -0.25) is 0 Å². The Morgan fingerprint density at radius 3 is 1.81 bits per heavy atom. The van der Waals surface area contributed by atoms with Crippen LogP contribution >= 0.6 is 0 Å². The second-order valence-corrected chi connectivity index (χ2v) is 6.61. The Hall–Kier alpha value is -2.78. The van der Waals surface area contributed by atoms with E-state index in [9.17, 15) is 5.11 Å². The van der Waals surface area contributed by atoms with Crippen LogP contribution in [0.25, 0.3) is 0 Å². The average molecular weight is 361 g/mol. The molecule has 0 bridgehead atoms. The Morgan fingerprint density at radius 2 is 1.30 bits per heavy atom. The van der Waals surface area contributed by atoms with E-state index in [1.807, 2.05) is 85.8 Å². The number of benzene rings is 3. The summed E-state index contributed by atoms with van der Waals surface area (Å²) in [6.07, 6.45) is -0.678. The van der Waals surface area contributed by atoms with Gasteiger partial charge in [-0.2, -0.15) is 0 Å². The Kier molecular flexibility index (Phi) is 6.50. The topological polar surface area (TPSA) is 38.7 Å². The molecule has 3 aromatic rings. The van der Waals surface area contributed by atoms with Crippen molar-refractivity contribution >= 4 is 0 Å². The van der Waals surface area contributed by atoms with Crippen molar-refractivity contribution in [3.63, 3.8) is 0 Å². The van der Waals surface area contributed by atoms with Gasteiger partial charge in [-0.1, -0.05) is 73.7 Å². The van der Waals surface area contributed by atoms with Gasteiger partial charge in [0.15, 0.2) is 11.5 Å². The van der Waals surface area contributed by atoms with E-state index in [2.05, 4.69) is 6.92 Å². The monoisotopic (exact) mass is 361 g/mol. The molecule has 2 unspecified atom stereocenters. The van der Waals surface area contributed by atoms with Crippen LogP contribution in [0.5, 0.6) is 11.5 Å². The Balaban J connectivity index is 1.79. The fraction of sp³-hybridized carbons (Fsp3) is 0.208. The average Bonchev–Trinajstić information content (AvgIpc) is 2.72. The summed E-state index contributed by atoms with van der Waals surface area (Å²) in [5.41, 5.74) is 3.15. The first-order valence-corrected chi connectivity index (χ1v) is 9.12. The van der Waals surface area contributed by atoms with Crippen molar-refractivity contribution in [1.82, 2.24) is 0 Å². The molecular formula is C24H25O3. The van der Waals surface area contributed by atoms with Crippen molar-refractivity contribution in [2.45, 2.75) is 32.2 Å². The van der Waals surface area contributed by atoms with Crippen LogP contribution in [-0.4, -0.2) is 11.2 Å². The quantitative estimate of drug-likeness (QED) is 0.603. The summed E-state index contributed by atoms with van der Waals surface area (Å²) in [6, 6.07) is 25.8. The maximum Gasteiger partial charge on any atom is 0.161 e. The SMILES string of the molecule is [CH2]C(O)C(C)c1ccc(OCc2ccccc2)c(OCc2ccccc2)c1. The van der Waals surface area contributed by atoms with Crippen molar-refractivity contribution in [3.05, 3.63) is 102 Å². The maximum atomic E-state index is 9.81. The molecule has 0 saturated carbocycles. The molecule has 0 spiro atoms. The van der Waals surface area contributed by atoms with Gasteiger partial charge >= 0.3 is 0 Å². The van der Waals surface area contributed by atoms with Crippen LogP contribution in [0.1, 0.15) is 29.5 Å². The molecule has 0 fully saturated rings. The third-order valence-electron chi connectivity index (χ3n) is 4.55. The number of ether oxygens (including phenoxy) is 2. The zero-order chi connectivity index (χ0) is 19.1. The lowest BCUT2D eigenvalue weighted by atomic mass is 9.96. The number of hydrogen-bond donors (Lipinski definition) is 1. The van der Waals surface area contributed by atoms with E-state index in [0.717, 1.165) is 16.7 Å². The summed E-state index contributed by atoms with van der Waals surface area (Å²) in [5.74, 6) is 1.26. The summed E-state index contributed by atoms with van der Waals surface area (Å²) in [7, 11) is 0. The third kappa shape index (κ3) is 5.35. The summed E-state index contributed by atoms with van der Waals surface area (Å²) in [5, 5.41) is 9.81. The van der Waals surface area contributed by atoms with Gasteiger partial charge in [-0.25, -0.2) is 0 Å². The molecule has 0 aromatic heterocycles. The highest BCUT2D eigenvalue weighted by molar-refractivity contribution is 5.44. The molecule has 0 aliphatic rings. The Morgan fingerprint density at radius 1 is 0.778 bits per heavy atom. The van der Waals surface area contributed by atoms with E-state index >= 15 is 0 Å². The Bertz CT molecular complexity index is 829. The minimum absolute atomic E-state index is 0.0905. The first kappa shape index (κ1) is 19.0. The van der Waals surface area contributed by atoms with Crippen LogP contribution in [0.2, 0.25) is 0 Å². The lowest BCUT2D eigenvalue weighted by Crippen LogP contribution is -2.11. The van der Waals surface area contributed by atoms with Gasteiger partial charge in [0, 0.05) is 5.92 Å². The van der Waals surface area contributed by atoms with E-state index in [4.69, 9.17) is 9.47 Å². The van der Waals surface area contributed by atoms with Crippen molar-refractivity contribution < 1.29 is 14.6 Å². The van der Waals surface area contributed by atoms with E-state index in [1.165, 1.54) is 0 Å². The lowest BCUT2D eigenvalue weighted by Gasteiger charge is -2.19. The molecule has 3 nitrogen and oxygen atoms in total. The molecule has 0 heterocycles. The van der Waals surface area contributed by atoms with Crippen LogP contribution < -0.4 is 9.47 Å². The molecule has 1 N–H and O–H groups in total. The molecule has 2 atom stereocenters. The van der Waals surface area contributed by atoms with Crippen molar-refractivity contribution in [2.24, 2.45) is 0 Å². The van der Waals surface area contributed by atoms with Crippen LogP contribution in [0.3, 0.4) is 0 Å². The fourth-order valence-corrected chi connectivity index (χ4v) is 2.73. The minimum Gasteiger partial charge on any atom is -0.485 e. The first-order valence-electron chi connectivity index (χ1n) is 9.12. The summed E-state index contributed by atoms with van der Waals surface area (Å²) >= 11 is 0. The predicted molar refractivity (Wildman–Crippen MR) is 108 cm³/mol. The molecular weight excluding hydrogens is 336 g/mol. The molecule has 1 radical (unpaired) electrons. The summed E-state index contributed by atoms with van der Waals surface area (Å²) in [4.78, 5) is 0. The highest BCUT2D eigenvalue weighted by atomic mass is 16.5. The second-order valence-electron chi connectivity index (χ2n) is 6.61. The summed E-state index contributed by atoms with van der Waals surface area (Å²) in [6.45, 7) is 6.58. The molecule has 139 valence electrons. The van der Waals surface area contributed by atoms with Crippen molar-refractivity contribution in [3.8, 4) is 11.5 Å². The fourth-order valence-electron chi connectivity index (χ4n) is 2.73. The smallest absolute Gasteiger partial charge is 0.161 e. The van der Waals surface area contributed by atoms with E-state index < -0.39 is 6.10 Å². The normalized spacial score (nSPS) is 13.0. The third-order valence-corrected chi connectivity index (χ3v) is 4.55. The number of rotatable bonds is 8. The zero-order valence-electron chi connectivity index (χ0n) is 15.5. The van der Waals surface area contributed by atoms with Crippen molar-refractivity contribution in [1.29, 1.82) is 0 Å². The number of aliphatic hydroxyl groups is 1. The van der Waals surface area contributed by atoms with Gasteiger partial charge in [-0.05, 0) is 35.7 Å². The largest absolute Gasteiger partial charge is 0.485 e. The molecule has 0 aliphatic heterocycles. The number of hydrogen-bond acceptors (Lipinski definition) is 3. The minimum atomic E-state index is -0.678. The van der Waals surface area contributed by atoms with Gasteiger partial charge in [0.1, 0.15) is 13.2 Å². The molecule has 3 aromatic carbocycles. The van der Waals surface area contributed by atoms with Crippen LogP contribution in [0.15, 0.2) is 78.9 Å². The maximum absolute atomic E-state index is 9.81. The molecule has 3 rings (SSSR count). The molecule has 27 heavy (non-hydrogen) atoms. The van der Waals surface area contributed by atoms with Gasteiger partial charge in [0.25, 0.3) is 0 Å². The Labute approximate surface area is 161 Å². The standard InChI is InChI=1S/C24H25O3/c1-18(19(2)25)22-13-14-23(26-16-20-9-5-3-6-10-20)24(15-22)27-17-21-11-7-4-8-12-21/h3-15,18-19,25H,2,16-17H2,1H3. The summed E-state index contributed by atoms with van der Waals surface area (Å²) < 4.78 is 12.1.